The number of aromatic nitrogens is 1. The molecule has 0 bridgehead atoms. The van der Waals surface area contributed by atoms with Crippen LogP contribution in [0.25, 0.3) is 0 Å². The van der Waals surface area contributed by atoms with E-state index in [1.807, 2.05) is 6.07 Å². The summed E-state index contributed by atoms with van der Waals surface area (Å²) in [5.41, 5.74) is -0.548. The molecule has 1 aromatic heterocycles. The van der Waals surface area contributed by atoms with E-state index in [4.69, 9.17) is 15.1 Å². The molecule has 1 aliphatic carbocycles. The molecule has 1 aromatic carbocycles. The van der Waals surface area contributed by atoms with E-state index in [2.05, 4.69) is 4.98 Å². The van der Waals surface area contributed by atoms with Gasteiger partial charge in [-0.1, -0.05) is 0 Å². The fourth-order valence-corrected chi connectivity index (χ4v) is 3.01. The van der Waals surface area contributed by atoms with Crippen molar-refractivity contribution >= 4 is 11.9 Å². The average Bonchev–Trinajstić information content (AvgIpc) is 2.77. The van der Waals surface area contributed by atoms with Gasteiger partial charge in [-0.05, 0) is 24.1 Å². The highest BCUT2D eigenvalue weighted by Crippen LogP contribution is 2.57. The maximum Gasteiger partial charge on any atom is 0.312 e. The number of nitriles is 1. The Morgan fingerprint density at radius 3 is 2.75 bits per heavy atom. The number of ether oxygens (including phenoxy) is 1. The van der Waals surface area contributed by atoms with Crippen LogP contribution in [0, 0.1) is 11.3 Å². The van der Waals surface area contributed by atoms with Crippen LogP contribution in [0.5, 0.6) is 11.5 Å². The number of halogens is 3. The smallest absolute Gasteiger partial charge is 0.312 e. The van der Waals surface area contributed by atoms with E-state index in [0.717, 1.165) is 0 Å². The molecular weight excluding hydrogens is 343 g/mol. The maximum absolute atomic E-state index is 14.3. The van der Waals surface area contributed by atoms with Gasteiger partial charge in [-0.15, -0.1) is 0 Å². The van der Waals surface area contributed by atoms with Crippen LogP contribution in [-0.4, -0.2) is 16.0 Å². The molecule has 0 spiro atoms. The van der Waals surface area contributed by atoms with Gasteiger partial charge in [-0.2, -0.15) is 14.0 Å². The monoisotopic (exact) mass is 353 g/mol. The molecule has 3 rings (SSSR count). The molecule has 2 atom stereocenters. The lowest BCUT2D eigenvalue weighted by molar-refractivity contribution is -0.143. The summed E-state index contributed by atoms with van der Waals surface area (Å²) in [6.45, 7) is 0. The Bertz CT molecular complexity index is 841. The minimum absolute atomic E-state index is 0.0845. The van der Waals surface area contributed by atoms with Gasteiger partial charge in [-0.25, -0.2) is 4.39 Å². The van der Waals surface area contributed by atoms with Crippen molar-refractivity contribution < 1.29 is 23.0 Å². The summed E-state index contributed by atoms with van der Waals surface area (Å²) in [7, 11) is 0. The van der Waals surface area contributed by atoms with E-state index in [-0.39, 0.29) is 27.5 Å². The lowest BCUT2D eigenvalue weighted by Gasteiger charge is -2.16. The Kier molecular flexibility index (Phi) is 4.13. The molecule has 5 nitrogen and oxygen atoms in total. The second kappa shape index (κ2) is 5.98. The van der Waals surface area contributed by atoms with Gasteiger partial charge in [-0.3, -0.25) is 10.1 Å². The average molecular weight is 353 g/mol. The zero-order valence-corrected chi connectivity index (χ0v) is 12.7. The number of hydrogen-bond acceptors (Lipinski definition) is 6. The molecular formula is C15H10F3N3O2S. The molecule has 0 amide bonds. The Morgan fingerprint density at radius 1 is 1.33 bits per heavy atom. The van der Waals surface area contributed by atoms with Crippen molar-refractivity contribution in [2.75, 3.05) is 0 Å². The van der Waals surface area contributed by atoms with Crippen LogP contribution in [0.4, 0.5) is 13.2 Å². The van der Waals surface area contributed by atoms with Crippen molar-refractivity contribution in [2.24, 2.45) is 5.14 Å². The quantitative estimate of drug-likeness (QED) is 0.822. The van der Waals surface area contributed by atoms with E-state index < -0.39 is 23.8 Å². The number of nitrogens with two attached hydrogens (primary N) is 1. The van der Waals surface area contributed by atoms with Crippen LogP contribution in [0.2, 0.25) is 0 Å². The van der Waals surface area contributed by atoms with E-state index in [0.29, 0.717) is 11.9 Å². The summed E-state index contributed by atoms with van der Waals surface area (Å²) in [6.07, 6.45) is -2.51. The molecule has 2 unspecified atom stereocenters. The third-order valence-corrected chi connectivity index (χ3v) is 4.24. The number of aliphatic hydroxyl groups excluding tert-OH is 1. The van der Waals surface area contributed by atoms with Gasteiger partial charge < -0.3 is 9.84 Å². The lowest BCUT2D eigenvalue weighted by atomic mass is 10.1. The van der Waals surface area contributed by atoms with Crippen LogP contribution in [0.1, 0.15) is 29.0 Å². The first-order valence-corrected chi connectivity index (χ1v) is 7.54. The summed E-state index contributed by atoms with van der Waals surface area (Å²) in [5, 5.41) is 24.0. The molecule has 0 fully saturated rings. The fourth-order valence-electron chi connectivity index (χ4n) is 2.52. The second-order valence-corrected chi connectivity index (χ2v) is 5.75. The third-order valence-electron chi connectivity index (χ3n) is 3.63. The zero-order valence-electron chi connectivity index (χ0n) is 11.9. The zero-order chi connectivity index (χ0) is 17.5. The topological polar surface area (TPSA) is 92.2 Å². The van der Waals surface area contributed by atoms with Gasteiger partial charge in [0.1, 0.15) is 23.7 Å². The standard InChI is InChI=1S/C15H10F3N3O2S/c16-13-11-9(23-8-3-7(4-19)5-21-6-8)1-2-10(24-20)12(11)14(22)15(13,17)18/h1-3,5-6,13-14,22H,20H2. The Balaban J connectivity index is 2.10. The number of pyridine rings is 1. The maximum atomic E-state index is 14.3. The van der Waals surface area contributed by atoms with Gasteiger partial charge in [0, 0.05) is 28.3 Å². The SMILES string of the molecule is N#Cc1cncc(Oc2ccc(SN)c3c2C(F)C(F)(F)C3O)c1. The van der Waals surface area contributed by atoms with Gasteiger partial charge in [0.15, 0.2) is 6.17 Å². The van der Waals surface area contributed by atoms with Crippen LogP contribution < -0.4 is 9.88 Å². The predicted molar refractivity (Wildman–Crippen MR) is 79.3 cm³/mol. The van der Waals surface area contributed by atoms with E-state index in [1.54, 1.807) is 0 Å². The van der Waals surface area contributed by atoms with E-state index in [9.17, 15) is 18.3 Å². The summed E-state index contributed by atoms with van der Waals surface area (Å²) in [5.74, 6) is -4.09. The molecule has 3 N–H and O–H groups in total. The van der Waals surface area contributed by atoms with Gasteiger partial charge in [0.2, 0.25) is 0 Å². The third kappa shape index (κ3) is 2.49. The number of rotatable bonds is 3. The van der Waals surface area contributed by atoms with Crippen LogP contribution >= 0.6 is 11.9 Å². The molecule has 9 heteroatoms. The number of hydrogen-bond donors (Lipinski definition) is 2. The minimum atomic E-state index is -3.99. The highest BCUT2D eigenvalue weighted by Gasteiger charge is 2.58. The first-order chi connectivity index (χ1) is 11.4. The fraction of sp³-hybridized carbons (Fsp3) is 0.200. The van der Waals surface area contributed by atoms with Crippen LogP contribution in [0.15, 0.2) is 35.5 Å². The second-order valence-electron chi connectivity index (χ2n) is 5.07. The normalized spacial score (nSPS) is 21.2. The molecule has 24 heavy (non-hydrogen) atoms. The molecule has 0 radical (unpaired) electrons. The molecule has 1 heterocycles. The summed E-state index contributed by atoms with van der Waals surface area (Å²) in [6, 6.07) is 5.84. The Labute approximate surface area is 139 Å². The summed E-state index contributed by atoms with van der Waals surface area (Å²) < 4.78 is 47.5. The molecule has 0 aliphatic heterocycles. The summed E-state index contributed by atoms with van der Waals surface area (Å²) >= 11 is 0.631. The minimum Gasteiger partial charge on any atom is -0.455 e. The highest BCUT2D eigenvalue weighted by atomic mass is 32.2. The number of benzene rings is 1. The molecule has 0 saturated heterocycles. The summed E-state index contributed by atoms with van der Waals surface area (Å²) in [4.78, 5) is 3.91. The largest absolute Gasteiger partial charge is 0.455 e. The van der Waals surface area contributed by atoms with E-state index in [1.165, 1.54) is 30.6 Å². The number of aliphatic hydroxyl groups is 1. The lowest BCUT2D eigenvalue weighted by Crippen LogP contribution is -2.24. The predicted octanol–water partition coefficient (Wildman–Crippen LogP) is 3.40. The van der Waals surface area contributed by atoms with Crippen molar-refractivity contribution in [3.05, 3.63) is 47.3 Å². The Morgan fingerprint density at radius 2 is 2.08 bits per heavy atom. The molecule has 124 valence electrons. The van der Waals surface area contributed by atoms with Crippen molar-refractivity contribution in [3.63, 3.8) is 0 Å². The number of fused-ring (bicyclic) bond motifs is 1. The van der Waals surface area contributed by atoms with Crippen LogP contribution in [0.3, 0.4) is 0 Å². The van der Waals surface area contributed by atoms with Gasteiger partial charge in [0.05, 0.1) is 11.8 Å². The van der Waals surface area contributed by atoms with Gasteiger partial charge >= 0.3 is 5.92 Å². The number of alkyl halides is 3. The Hall–Kier alpha value is -2.28. The van der Waals surface area contributed by atoms with Crippen molar-refractivity contribution in [1.29, 1.82) is 5.26 Å². The van der Waals surface area contributed by atoms with Crippen molar-refractivity contribution in [1.82, 2.24) is 4.98 Å². The highest BCUT2D eigenvalue weighted by molar-refractivity contribution is 7.97. The van der Waals surface area contributed by atoms with Crippen molar-refractivity contribution in [3.8, 4) is 17.6 Å². The van der Waals surface area contributed by atoms with Crippen molar-refractivity contribution in [2.45, 2.75) is 23.1 Å². The molecule has 2 aromatic rings. The molecule has 1 aliphatic rings. The first-order valence-electron chi connectivity index (χ1n) is 6.66. The molecule has 0 saturated carbocycles. The van der Waals surface area contributed by atoms with E-state index >= 15 is 0 Å². The first kappa shape index (κ1) is 16.6. The van der Waals surface area contributed by atoms with Crippen LogP contribution in [-0.2, 0) is 0 Å². The van der Waals surface area contributed by atoms with Gasteiger partial charge in [0.25, 0.3) is 0 Å². The number of nitrogens with zero attached hydrogens (tertiary/aromatic N) is 2.